The molecule has 0 radical (unpaired) electrons. The number of benzene rings is 2. The number of carbonyl (C=O) groups is 2. The largest absolute Gasteiger partial charge is 0.461 e. The molecule has 0 aliphatic heterocycles. The van der Waals surface area contributed by atoms with Gasteiger partial charge in [-0.2, -0.15) is 0 Å². The van der Waals surface area contributed by atoms with Crippen molar-refractivity contribution in [1.82, 2.24) is 0 Å². The predicted octanol–water partition coefficient (Wildman–Crippen LogP) is 5.24. The van der Waals surface area contributed by atoms with Crippen molar-refractivity contribution in [3.05, 3.63) is 89.8 Å². The highest BCUT2D eigenvalue weighted by molar-refractivity contribution is 6.31. The highest BCUT2D eigenvalue weighted by Crippen LogP contribution is 2.41. The monoisotopic (exact) mass is 400 g/mol. The van der Waals surface area contributed by atoms with E-state index in [9.17, 15) is 14.4 Å². The van der Waals surface area contributed by atoms with Crippen molar-refractivity contribution >= 4 is 11.6 Å². The van der Waals surface area contributed by atoms with Crippen LogP contribution < -0.4 is 5.43 Å². The molecular weight excluding hydrogens is 376 g/mol. The Hall–Kier alpha value is -3.27. The zero-order valence-electron chi connectivity index (χ0n) is 18.4. The van der Waals surface area contributed by atoms with Gasteiger partial charge in [-0.1, -0.05) is 0 Å². The molecule has 2 aromatic carbocycles. The molecule has 1 aromatic heterocycles. The summed E-state index contributed by atoms with van der Waals surface area (Å²) in [5.74, 6) is 0.441. The average molecular weight is 400 g/mol. The molecule has 0 bridgehead atoms. The first-order valence-electron chi connectivity index (χ1n) is 10.0. The molecule has 0 spiro atoms. The van der Waals surface area contributed by atoms with E-state index in [1.165, 1.54) is 12.1 Å². The summed E-state index contributed by atoms with van der Waals surface area (Å²) in [7, 11) is 0. The Balaban J connectivity index is 2.18. The van der Waals surface area contributed by atoms with Crippen molar-refractivity contribution in [3.8, 4) is 11.3 Å². The van der Waals surface area contributed by atoms with Gasteiger partial charge < -0.3 is 4.42 Å². The molecule has 0 fully saturated rings. The molecule has 30 heavy (non-hydrogen) atoms. The van der Waals surface area contributed by atoms with E-state index >= 15 is 0 Å². The Kier molecular flexibility index (Phi) is 4.42. The van der Waals surface area contributed by atoms with Crippen LogP contribution in [0.25, 0.3) is 11.3 Å². The van der Waals surface area contributed by atoms with E-state index in [0.717, 1.165) is 33.4 Å². The smallest absolute Gasteiger partial charge is 0.195 e. The number of hydrogen-bond acceptors (Lipinski definition) is 4. The van der Waals surface area contributed by atoms with E-state index in [2.05, 4.69) is 0 Å². The second kappa shape index (κ2) is 6.63. The summed E-state index contributed by atoms with van der Waals surface area (Å²) in [6.45, 7) is 13.2. The van der Waals surface area contributed by atoms with Gasteiger partial charge in [0.25, 0.3) is 0 Å². The second-order valence-corrected chi connectivity index (χ2v) is 8.29. The molecule has 4 nitrogen and oxygen atoms in total. The fourth-order valence-corrected chi connectivity index (χ4v) is 4.52. The average Bonchev–Trinajstić information content (AvgIpc) is 2.67. The predicted molar refractivity (Wildman–Crippen MR) is 117 cm³/mol. The maximum absolute atomic E-state index is 13.8. The van der Waals surface area contributed by atoms with Crippen molar-refractivity contribution in [3.63, 3.8) is 0 Å². The first kappa shape index (κ1) is 20.0. The number of hydrogen-bond donors (Lipinski definition) is 0. The van der Waals surface area contributed by atoms with E-state index in [-0.39, 0.29) is 17.0 Å². The van der Waals surface area contributed by atoms with E-state index in [1.54, 1.807) is 6.92 Å². The third kappa shape index (κ3) is 2.63. The van der Waals surface area contributed by atoms with Crippen molar-refractivity contribution in [1.29, 1.82) is 0 Å². The van der Waals surface area contributed by atoms with Crippen LogP contribution in [0, 0.1) is 48.5 Å². The van der Waals surface area contributed by atoms with Crippen molar-refractivity contribution in [2.24, 2.45) is 0 Å². The van der Waals surface area contributed by atoms with Gasteiger partial charge in [-0.3, -0.25) is 14.4 Å². The van der Waals surface area contributed by atoms with Crippen LogP contribution in [0.1, 0.15) is 71.0 Å². The maximum Gasteiger partial charge on any atom is 0.195 e. The van der Waals surface area contributed by atoms with Crippen molar-refractivity contribution in [2.75, 3.05) is 0 Å². The molecule has 0 saturated heterocycles. The lowest BCUT2D eigenvalue weighted by atomic mass is 9.74. The summed E-state index contributed by atoms with van der Waals surface area (Å²) in [5, 5.41) is 0. The SMILES string of the molecule is Cc1cc(=O)cc(-c2c(C)c(C)c(C)c3c2C(=O)c2cc(C)c(C)c(C)c2C3=O)o1. The molecule has 4 rings (SSSR count). The minimum absolute atomic E-state index is 0.142. The van der Waals surface area contributed by atoms with E-state index in [0.29, 0.717) is 39.3 Å². The van der Waals surface area contributed by atoms with Crippen LogP contribution in [0.5, 0.6) is 0 Å². The van der Waals surface area contributed by atoms with Gasteiger partial charge in [0.15, 0.2) is 17.0 Å². The van der Waals surface area contributed by atoms with Gasteiger partial charge >= 0.3 is 0 Å². The molecule has 0 amide bonds. The lowest BCUT2D eigenvalue weighted by Gasteiger charge is -2.27. The van der Waals surface area contributed by atoms with Gasteiger partial charge in [-0.05, 0) is 87.9 Å². The van der Waals surface area contributed by atoms with Crippen molar-refractivity contribution < 1.29 is 14.0 Å². The molecule has 0 unspecified atom stereocenters. The van der Waals surface area contributed by atoms with Crippen LogP contribution in [0.4, 0.5) is 0 Å². The quantitative estimate of drug-likeness (QED) is 0.438. The fraction of sp³-hybridized carbons (Fsp3) is 0.269. The second-order valence-electron chi connectivity index (χ2n) is 8.29. The Morgan fingerprint density at radius 2 is 1.17 bits per heavy atom. The lowest BCUT2D eigenvalue weighted by Crippen LogP contribution is -2.26. The first-order chi connectivity index (χ1) is 14.0. The molecular formula is C26H24O4. The summed E-state index contributed by atoms with van der Waals surface area (Å²) in [6.07, 6.45) is 0. The van der Waals surface area contributed by atoms with Gasteiger partial charge in [0, 0.05) is 39.9 Å². The standard InChI is InChI=1S/C26H24O4/c1-11-8-19-21(15(5)13(11)3)26(29)23-17(7)14(4)16(6)22(24(23)25(19)28)20-10-18(27)9-12(2)30-20/h8-10H,1-7H3. The summed E-state index contributed by atoms with van der Waals surface area (Å²) in [5.41, 5.74) is 7.38. The number of ketones is 2. The van der Waals surface area contributed by atoms with Crippen LogP contribution >= 0.6 is 0 Å². The topological polar surface area (TPSA) is 64.3 Å². The molecule has 1 aliphatic rings. The molecule has 3 aromatic rings. The zero-order valence-corrected chi connectivity index (χ0v) is 18.4. The van der Waals surface area contributed by atoms with Gasteiger partial charge in [0.2, 0.25) is 0 Å². The molecule has 0 atom stereocenters. The summed E-state index contributed by atoms with van der Waals surface area (Å²) >= 11 is 0. The molecule has 152 valence electrons. The van der Waals surface area contributed by atoms with Gasteiger partial charge in [0.1, 0.15) is 11.5 Å². The minimum atomic E-state index is -0.198. The Bertz CT molecular complexity index is 1350. The van der Waals surface area contributed by atoms with Crippen LogP contribution in [-0.4, -0.2) is 11.6 Å². The molecule has 1 heterocycles. The molecule has 1 aliphatic carbocycles. The van der Waals surface area contributed by atoms with Crippen LogP contribution in [-0.2, 0) is 0 Å². The summed E-state index contributed by atoms with van der Waals surface area (Å²) < 4.78 is 5.86. The number of aryl methyl sites for hydroxylation is 2. The number of carbonyl (C=O) groups excluding carboxylic acids is 2. The summed E-state index contributed by atoms with van der Waals surface area (Å²) in [4.78, 5) is 39.6. The number of fused-ring (bicyclic) bond motifs is 2. The number of rotatable bonds is 1. The van der Waals surface area contributed by atoms with Crippen LogP contribution in [0.3, 0.4) is 0 Å². The van der Waals surface area contributed by atoms with E-state index in [4.69, 9.17) is 4.42 Å². The van der Waals surface area contributed by atoms with Gasteiger partial charge in [0.05, 0.1) is 0 Å². The molecule has 0 saturated carbocycles. The van der Waals surface area contributed by atoms with Gasteiger partial charge in [-0.15, -0.1) is 0 Å². The molecule has 0 N–H and O–H groups in total. The third-order valence-electron chi connectivity index (χ3n) is 6.60. The molecule has 4 heteroatoms. The summed E-state index contributed by atoms with van der Waals surface area (Å²) in [6, 6.07) is 4.61. The maximum atomic E-state index is 13.8. The van der Waals surface area contributed by atoms with Crippen molar-refractivity contribution in [2.45, 2.75) is 48.5 Å². The van der Waals surface area contributed by atoms with Gasteiger partial charge in [-0.25, -0.2) is 0 Å². The van der Waals surface area contributed by atoms with Crippen LogP contribution in [0.2, 0.25) is 0 Å². The Labute approximate surface area is 175 Å². The van der Waals surface area contributed by atoms with E-state index in [1.807, 2.05) is 47.6 Å². The minimum Gasteiger partial charge on any atom is -0.461 e. The highest BCUT2D eigenvalue weighted by Gasteiger charge is 2.37. The Morgan fingerprint density at radius 1 is 0.567 bits per heavy atom. The van der Waals surface area contributed by atoms with E-state index < -0.39 is 0 Å². The zero-order chi connectivity index (χ0) is 22.1. The first-order valence-corrected chi connectivity index (χ1v) is 10.0. The Morgan fingerprint density at radius 3 is 1.80 bits per heavy atom. The third-order valence-corrected chi connectivity index (χ3v) is 6.60. The van der Waals surface area contributed by atoms with Crippen LogP contribution in [0.15, 0.2) is 27.4 Å². The fourth-order valence-electron chi connectivity index (χ4n) is 4.52. The normalized spacial score (nSPS) is 12.8. The lowest BCUT2D eigenvalue weighted by molar-refractivity contribution is 0.0978. The highest BCUT2D eigenvalue weighted by atomic mass is 16.3.